The second-order valence-corrected chi connectivity index (χ2v) is 9.45. The quantitative estimate of drug-likeness (QED) is 0.308. The fourth-order valence-electron chi connectivity index (χ4n) is 4.33. The second kappa shape index (κ2) is 12.0. The van der Waals surface area contributed by atoms with Crippen molar-refractivity contribution in [2.45, 2.75) is 39.7 Å². The Labute approximate surface area is 227 Å². The van der Waals surface area contributed by atoms with Crippen molar-refractivity contribution in [2.75, 3.05) is 18.9 Å². The number of nitrogens with two attached hydrogens (primary N) is 1. The molecular weight excluding hydrogens is 502 g/mol. The molecular formula is C28H32ClN7O2. The second-order valence-electron chi connectivity index (χ2n) is 9.04. The maximum atomic E-state index is 13.4. The summed E-state index contributed by atoms with van der Waals surface area (Å²) in [4.78, 5) is 26.8. The number of benzene rings is 2. The largest absolute Gasteiger partial charge is 0.423 e. The lowest BCUT2D eigenvalue weighted by molar-refractivity contribution is -0.117. The van der Waals surface area contributed by atoms with E-state index in [2.05, 4.69) is 32.9 Å². The van der Waals surface area contributed by atoms with Gasteiger partial charge in [-0.25, -0.2) is 4.99 Å². The third-order valence-electron chi connectivity index (χ3n) is 6.14. The Morgan fingerprint density at radius 3 is 2.82 bits per heavy atom. The van der Waals surface area contributed by atoms with E-state index < -0.39 is 6.04 Å². The molecule has 5 N–H and O–H groups in total. The molecule has 0 aliphatic carbocycles. The minimum Gasteiger partial charge on any atom is -0.423 e. The van der Waals surface area contributed by atoms with Crippen molar-refractivity contribution in [3.05, 3.63) is 81.2 Å². The van der Waals surface area contributed by atoms with Crippen molar-refractivity contribution in [1.29, 1.82) is 0 Å². The summed E-state index contributed by atoms with van der Waals surface area (Å²) in [7, 11) is 1.64. The molecule has 4 rings (SSSR count). The number of para-hydroxylation sites is 1. The third-order valence-corrected chi connectivity index (χ3v) is 6.47. The van der Waals surface area contributed by atoms with Crippen LogP contribution in [0.5, 0.6) is 0 Å². The van der Waals surface area contributed by atoms with Crippen LogP contribution in [0.25, 0.3) is 11.1 Å². The van der Waals surface area contributed by atoms with Crippen LogP contribution in [0.15, 0.2) is 73.8 Å². The van der Waals surface area contributed by atoms with Crippen molar-refractivity contribution < 1.29 is 9.21 Å². The summed E-state index contributed by atoms with van der Waals surface area (Å²) < 4.78 is 6.05. The molecule has 0 fully saturated rings. The molecule has 0 radical (unpaired) electrons. The number of guanidine groups is 1. The van der Waals surface area contributed by atoms with E-state index in [1.165, 1.54) is 6.20 Å². The predicted molar refractivity (Wildman–Crippen MR) is 154 cm³/mol. The molecule has 10 heteroatoms. The molecule has 1 aliphatic heterocycles. The van der Waals surface area contributed by atoms with Crippen LogP contribution in [0.4, 0.5) is 6.01 Å². The smallest absolute Gasteiger partial charge is 0.302 e. The lowest BCUT2D eigenvalue weighted by Gasteiger charge is -2.27. The van der Waals surface area contributed by atoms with Crippen LogP contribution in [0, 0.1) is 6.92 Å². The number of amides is 1. The highest BCUT2D eigenvalue weighted by atomic mass is 35.5. The number of aryl methyl sites for hydroxylation is 2. The van der Waals surface area contributed by atoms with E-state index in [1.54, 1.807) is 13.3 Å². The van der Waals surface area contributed by atoms with Crippen molar-refractivity contribution in [2.24, 2.45) is 15.7 Å². The molecule has 0 saturated carbocycles. The van der Waals surface area contributed by atoms with Crippen LogP contribution in [0.1, 0.15) is 43.0 Å². The summed E-state index contributed by atoms with van der Waals surface area (Å²) in [6, 6.07) is 11.3. The summed E-state index contributed by atoms with van der Waals surface area (Å²) >= 11 is 6.64. The van der Waals surface area contributed by atoms with Crippen molar-refractivity contribution in [3.63, 3.8) is 0 Å². The third kappa shape index (κ3) is 5.89. The highest BCUT2D eigenvalue weighted by Gasteiger charge is 2.31. The zero-order valence-electron chi connectivity index (χ0n) is 21.9. The number of rotatable bonds is 8. The number of hydrogen-bond donors (Lipinski definition) is 4. The standard InChI is InChI=1S/C28H32ClN7O2/c1-5-7-19-8-6-9-22-25(19)38-28(34-22)36-27-33-17(3)23(26(37)32-15-18(13-30)14-31-4)24(35-27)20-11-10-16(2)12-21(20)29/h6,8-14,24H,5,7,15,30H2,1-4H3,(H,32,37)(H2,33,34,35,36)/b18-13+,31-14?. The molecule has 38 heavy (non-hydrogen) atoms. The van der Waals surface area contributed by atoms with Gasteiger partial charge in [0.25, 0.3) is 5.91 Å². The highest BCUT2D eigenvalue weighted by Crippen LogP contribution is 2.35. The van der Waals surface area contributed by atoms with Crippen LogP contribution >= 0.6 is 11.6 Å². The molecule has 0 spiro atoms. The lowest BCUT2D eigenvalue weighted by atomic mass is 9.95. The van der Waals surface area contributed by atoms with Crippen LogP contribution in [-0.2, 0) is 11.2 Å². The van der Waals surface area contributed by atoms with Crippen LogP contribution in [-0.4, -0.2) is 36.7 Å². The fourth-order valence-corrected chi connectivity index (χ4v) is 4.67. The van der Waals surface area contributed by atoms with E-state index in [0.717, 1.165) is 35.1 Å². The Morgan fingerprint density at radius 1 is 1.29 bits per heavy atom. The van der Waals surface area contributed by atoms with Gasteiger partial charge in [0.1, 0.15) is 11.6 Å². The normalized spacial score (nSPS) is 16.1. The lowest BCUT2D eigenvalue weighted by Crippen LogP contribution is -2.39. The molecule has 1 amide bonds. The van der Waals surface area contributed by atoms with Gasteiger partial charge < -0.3 is 20.8 Å². The number of carbonyl (C=O) groups is 1. The summed E-state index contributed by atoms with van der Waals surface area (Å²) in [6.45, 7) is 6.12. The Morgan fingerprint density at radius 2 is 2.11 bits per heavy atom. The SMILES string of the molecule is CCCc1cccc2nc(NC3=NC(c4ccc(C)cc4Cl)C(C(=O)NC/C(C=NC)=C/N)=C(C)N3)oc12. The number of oxazole rings is 1. The van der Waals surface area contributed by atoms with Gasteiger partial charge in [-0.2, -0.15) is 4.98 Å². The molecule has 2 heterocycles. The van der Waals surface area contributed by atoms with Crippen molar-refractivity contribution >= 4 is 46.8 Å². The number of aromatic nitrogens is 1. The van der Waals surface area contributed by atoms with Gasteiger partial charge in [0.05, 0.1) is 5.57 Å². The molecule has 2 aromatic carbocycles. The maximum Gasteiger partial charge on any atom is 0.302 e. The Bertz CT molecular complexity index is 1470. The van der Waals surface area contributed by atoms with Gasteiger partial charge in [0.15, 0.2) is 5.58 Å². The molecule has 3 aromatic rings. The number of anilines is 1. The molecule has 1 atom stereocenters. The predicted octanol–water partition coefficient (Wildman–Crippen LogP) is 4.79. The van der Waals surface area contributed by atoms with Crippen LogP contribution in [0.3, 0.4) is 0 Å². The summed E-state index contributed by atoms with van der Waals surface area (Å²) in [5, 5.41) is 9.76. The van der Waals surface area contributed by atoms with E-state index in [-0.39, 0.29) is 12.5 Å². The van der Waals surface area contributed by atoms with Gasteiger partial charge in [-0.1, -0.05) is 49.2 Å². The molecule has 198 valence electrons. The molecule has 1 aliphatic rings. The van der Waals surface area contributed by atoms with Crippen molar-refractivity contribution in [3.8, 4) is 0 Å². The molecule has 1 aromatic heterocycles. The molecule has 0 saturated heterocycles. The molecule has 9 nitrogen and oxygen atoms in total. The first-order chi connectivity index (χ1) is 18.3. The van der Waals surface area contributed by atoms with Gasteiger partial charge in [0, 0.05) is 47.9 Å². The van der Waals surface area contributed by atoms with E-state index in [4.69, 9.17) is 26.7 Å². The van der Waals surface area contributed by atoms with E-state index in [9.17, 15) is 4.79 Å². The maximum absolute atomic E-state index is 13.4. The first-order valence-corrected chi connectivity index (χ1v) is 12.8. The number of aliphatic imine (C=N–C) groups is 2. The van der Waals surface area contributed by atoms with Crippen molar-refractivity contribution in [1.82, 2.24) is 15.6 Å². The van der Waals surface area contributed by atoms with Gasteiger partial charge in [-0.15, -0.1) is 0 Å². The number of nitrogens with one attached hydrogen (secondary N) is 3. The average molecular weight is 534 g/mol. The zero-order valence-corrected chi connectivity index (χ0v) is 22.7. The average Bonchev–Trinajstić information content (AvgIpc) is 3.29. The number of hydrogen-bond acceptors (Lipinski definition) is 8. The van der Waals surface area contributed by atoms with Gasteiger partial charge >= 0.3 is 6.01 Å². The minimum atomic E-state index is -0.669. The first-order valence-electron chi connectivity index (χ1n) is 12.4. The molecule has 1 unspecified atom stereocenters. The number of carbonyl (C=O) groups excluding carboxylic acids is 1. The van der Waals surface area contributed by atoms with E-state index >= 15 is 0 Å². The van der Waals surface area contributed by atoms with Gasteiger partial charge in [-0.3, -0.25) is 15.1 Å². The summed E-state index contributed by atoms with van der Waals surface area (Å²) in [5.41, 5.74) is 11.7. The zero-order chi connectivity index (χ0) is 27.2. The fraction of sp³-hybridized carbons (Fsp3) is 0.286. The number of fused-ring (bicyclic) bond motifs is 1. The Kier molecular flexibility index (Phi) is 8.48. The van der Waals surface area contributed by atoms with Crippen LogP contribution in [0.2, 0.25) is 5.02 Å². The number of nitrogens with zero attached hydrogens (tertiary/aromatic N) is 3. The van der Waals surface area contributed by atoms with E-state index in [0.29, 0.717) is 39.4 Å². The van der Waals surface area contributed by atoms with Gasteiger partial charge in [-0.05, 0) is 43.5 Å². The number of halogens is 1. The van der Waals surface area contributed by atoms with Crippen LogP contribution < -0.4 is 21.7 Å². The Balaban J connectivity index is 1.67. The summed E-state index contributed by atoms with van der Waals surface area (Å²) in [6.07, 6.45) is 4.90. The highest BCUT2D eigenvalue weighted by molar-refractivity contribution is 6.31. The monoisotopic (exact) mass is 533 g/mol. The molecule has 0 bridgehead atoms. The Hall–Kier alpha value is -4.11. The first kappa shape index (κ1) is 26.9. The number of allylic oxidation sites excluding steroid dienone is 1. The summed E-state index contributed by atoms with van der Waals surface area (Å²) in [5.74, 6) is 0.0966. The minimum absolute atomic E-state index is 0.218. The van der Waals surface area contributed by atoms with E-state index in [1.807, 2.05) is 50.2 Å². The topological polar surface area (TPSA) is 130 Å². The van der Waals surface area contributed by atoms with Gasteiger partial charge in [0.2, 0.25) is 5.96 Å².